The molecule has 0 saturated carbocycles. The van der Waals surface area contributed by atoms with Gasteiger partial charge in [0.2, 0.25) is 5.91 Å². The summed E-state index contributed by atoms with van der Waals surface area (Å²) in [6, 6.07) is 0. The molecule has 1 amide bonds. The summed E-state index contributed by atoms with van der Waals surface area (Å²) in [5, 5.41) is 4.38. The fourth-order valence-electron chi connectivity index (χ4n) is 3.72. The molecule has 0 aromatic carbocycles. The van der Waals surface area contributed by atoms with Gasteiger partial charge in [-0.1, -0.05) is 11.6 Å². The summed E-state index contributed by atoms with van der Waals surface area (Å²) in [5.41, 5.74) is 3.70. The Labute approximate surface area is 138 Å². The maximum Gasteiger partial charge on any atom is 0.226 e. The molecule has 0 radical (unpaired) electrons. The molecule has 2 heterocycles. The van der Waals surface area contributed by atoms with Crippen LogP contribution in [0.5, 0.6) is 0 Å². The predicted octanol–water partition coefficient (Wildman–Crippen LogP) is 2.77. The maximum atomic E-state index is 12.7. The summed E-state index contributed by atoms with van der Waals surface area (Å²) in [6.07, 6.45) is 9.43. The van der Waals surface area contributed by atoms with Crippen LogP contribution in [0.3, 0.4) is 0 Å². The van der Waals surface area contributed by atoms with E-state index in [1.165, 1.54) is 24.1 Å². The smallest absolute Gasteiger partial charge is 0.226 e. The number of aromatic nitrogens is 2. The van der Waals surface area contributed by atoms with Crippen molar-refractivity contribution in [3.8, 4) is 0 Å². The second kappa shape index (κ2) is 7.30. The van der Waals surface area contributed by atoms with Gasteiger partial charge in [-0.05, 0) is 32.6 Å². The van der Waals surface area contributed by atoms with Crippen molar-refractivity contribution in [2.75, 3.05) is 19.8 Å². The first-order chi connectivity index (χ1) is 11.2. The van der Waals surface area contributed by atoms with E-state index in [4.69, 9.17) is 4.74 Å². The van der Waals surface area contributed by atoms with Gasteiger partial charge in [-0.15, -0.1) is 0 Å². The molecule has 126 valence electrons. The van der Waals surface area contributed by atoms with Crippen LogP contribution in [0.4, 0.5) is 0 Å². The molecular formula is C18H27N3O2. The van der Waals surface area contributed by atoms with Gasteiger partial charge in [0.1, 0.15) is 0 Å². The standard InChI is InChI=1S/C18H27N3O2/c1-3-23-13-16-12-21(11-15-10-19-20(2)18(15)16)17(22)9-14-7-5-4-6-8-14/h7,10,16H,3-6,8-9,11-13H2,1-2H3/t16-/m0/s1. The lowest BCUT2D eigenvalue weighted by Gasteiger charge is -2.33. The number of rotatable bonds is 5. The molecule has 0 bridgehead atoms. The van der Waals surface area contributed by atoms with Crippen molar-refractivity contribution in [3.05, 3.63) is 29.1 Å². The quantitative estimate of drug-likeness (QED) is 0.785. The van der Waals surface area contributed by atoms with E-state index in [1.807, 2.05) is 29.7 Å². The Morgan fingerprint density at radius 1 is 1.43 bits per heavy atom. The number of aryl methyl sites for hydroxylation is 1. The Balaban J connectivity index is 1.71. The fraction of sp³-hybridized carbons (Fsp3) is 0.667. The van der Waals surface area contributed by atoms with Crippen LogP contribution in [0.15, 0.2) is 17.8 Å². The predicted molar refractivity (Wildman–Crippen MR) is 89.0 cm³/mol. The Kier molecular flexibility index (Phi) is 5.16. The first-order valence-corrected chi connectivity index (χ1v) is 8.73. The zero-order chi connectivity index (χ0) is 16.2. The SMILES string of the molecule is CCOC[C@@H]1CN(C(=O)CC2=CCCCC2)Cc2cnn(C)c21. The van der Waals surface area contributed by atoms with Gasteiger partial charge < -0.3 is 9.64 Å². The van der Waals surface area contributed by atoms with Gasteiger partial charge in [0, 0.05) is 44.6 Å². The van der Waals surface area contributed by atoms with Gasteiger partial charge in [0.15, 0.2) is 0 Å². The average molecular weight is 317 g/mol. The van der Waals surface area contributed by atoms with Gasteiger partial charge in [0.25, 0.3) is 0 Å². The normalized spacial score (nSPS) is 21.0. The summed E-state index contributed by atoms with van der Waals surface area (Å²) >= 11 is 0. The van der Waals surface area contributed by atoms with Crippen molar-refractivity contribution in [2.45, 2.75) is 51.5 Å². The van der Waals surface area contributed by atoms with E-state index < -0.39 is 0 Å². The largest absolute Gasteiger partial charge is 0.381 e. The van der Waals surface area contributed by atoms with E-state index >= 15 is 0 Å². The lowest BCUT2D eigenvalue weighted by molar-refractivity contribution is -0.132. The van der Waals surface area contributed by atoms with Crippen LogP contribution >= 0.6 is 0 Å². The second-order valence-electron chi connectivity index (χ2n) is 6.59. The summed E-state index contributed by atoms with van der Waals surface area (Å²) in [7, 11) is 1.97. The first kappa shape index (κ1) is 16.2. The molecule has 1 aliphatic heterocycles. The van der Waals surface area contributed by atoms with Crippen LogP contribution < -0.4 is 0 Å². The molecule has 0 fully saturated rings. The lowest BCUT2D eigenvalue weighted by atomic mass is 9.94. The molecule has 1 aromatic heterocycles. The van der Waals surface area contributed by atoms with E-state index in [1.54, 1.807) is 0 Å². The Bertz CT molecular complexity index is 591. The number of amides is 1. The molecule has 1 aromatic rings. The van der Waals surface area contributed by atoms with Crippen LogP contribution in [0.1, 0.15) is 56.2 Å². The highest BCUT2D eigenvalue weighted by atomic mass is 16.5. The van der Waals surface area contributed by atoms with Crippen LogP contribution in [0, 0.1) is 0 Å². The number of allylic oxidation sites excluding steroid dienone is 1. The van der Waals surface area contributed by atoms with E-state index in [0.717, 1.165) is 24.9 Å². The van der Waals surface area contributed by atoms with Gasteiger partial charge in [-0.3, -0.25) is 9.48 Å². The highest BCUT2D eigenvalue weighted by Gasteiger charge is 2.31. The molecule has 0 spiro atoms. The number of carbonyl (C=O) groups excluding carboxylic acids is 1. The molecule has 23 heavy (non-hydrogen) atoms. The minimum atomic E-state index is 0.218. The highest BCUT2D eigenvalue weighted by Crippen LogP contribution is 2.29. The fourth-order valence-corrected chi connectivity index (χ4v) is 3.72. The van der Waals surface area contributed by atoms with Gasteiger partial charge >= 0.3 is 0 Å². The van der Waals surface area contributed by atoms with Crippen LogP contribution in [-0.4, -0.2) is 40.3 Å². The van der Waals surface area contributed by atoms with E-state index in [0.29, 0.717) is 26.2 Å². The molecule has 5 heteroatoms. The Hall–Kier alpha value is -1.62. The topological polar surface area (TPSA) is 47.4 Å². The van der Waals surface area contributed by atoms with Crippen molar-refractivity contribution in [1.29, 1.82) is 0 Å². The molecule has 3 rings (SSSR count). The van der Waals surface area contributed by atoms with E-state index in [9.17, 15) is 4.79 Å². The Morgan fingerprint density at radius 2 is 2.30 bits per heavy atom. The second-order valence-corrected chi connectivity index (χ2v) is 6.59. The minimum Gasteiger partial charge on any atom is -0.381 e. The molecular weight excluding hydrogens is 290 g/mol. The zero-order valence-corrected chi connectivity index (χ0v) is 14.3. The van der Waals surface area contributed by atoms with Crippen LogP contribution in [0.25, 0.3) is 0 Å². The van der Waals surface area contributed by atoms with Gasteiger partial charge in [-0.2, -0.15) is 5.10 Å². The summed E-state index contributed by atoms with van der Waals surface area (Å²) in [6.45, 7) is 4.77. The molecule has 0 unspecified atom stereocenters. The lowest BCUT2D eigenvalue weighted by Crippen LogP contribution is -2.40. The third kappa shape index (κ3) is 3.66. The number of nitrogens with zero attached hydrogens (tertiary/aromatic N) is 3. The average Bonchev–Trinajstić information content (AvgIpc) is 2.95. The highest BCUT2D eigenvalue weighted by molar-refractivity contribution is 5.79. The number of fused-ring (bicyclic) bond motifs is 1. The van der Waals surface area contributed by atoms with Crippen molar-refractivity contribution in [3.63, 3.8) is 0 Å². The van der Waals surface area contributed by atoms with Crippen LogP contribution in [-0.2, 0) is 23.1 Å². The van der Waals surface area contributed by atoms with Crippen molar-refractivity contribution in [1.82, 2.24) is 14.7 Å². The summed E-state index contributed by atoms with van der Waals surface area (Å²) < 4.78 is 7.58. The Morgan fingerprint density at radius 3 is 3.04 bits per heavy atom. The summed E-state index contributed by atoms with van der Waals surface area (Å²) in [4.78, 5) is 14.7. The minimum absolute atomic E-state index is 0.218. The number of hydrogen-bond donors (Lipinski definition) is 0. The number of carbonyl (C=O) groups is 1. The molecule has 1 aliphatic carbocycles. The van der Waals surface area contributed by atoms with Gasteiger partial charge in [0.05, 0.1) is 18.5 Å². The van der Waals surface area contributed by atoms with E-state index in [2.05, 4.69) is 11.2 Å². The third-order valence-electron chi connectivity index (χ3n) is 4.89. The maximum absolute atomic E-state index is 12.7. The van der Waals surface area contributed by atoms with Gasteiger partial charge in [-0.25, -0.2) is 0 Å². The number of ether oxygens (including phenoxy) is 1. The van der Waals surface area contributed by atoms with E-state index in [-0.39, 0.29) is 11.8 Å². The monoisotopic (exact) mass is 317 g/mol. The molecule has 1 atom stereocenters. The van der Waals surface area contributed by atoms with Crippen molar-refractivity contribution < 1.29 is 9.53 Å². The molecule has 0 N–H and O–H groups in total. The molecule has 0 saturated heterocycles. The van der Waals surface area contributed by atoms with Crippen molar-refractivity contribution >= 4 is 5.91 Å². The first-order valence-electron chi connectivity index (χ1n) is 8.73. The molecule has 5 nitrogen and oxygen atoms in total. The number of hydrogen-bond acceptors (Lipinski definition) is 3. The van der Waals surface area contributed by atoms with Crippen molar-refractivity contribution in [2.24, 2.45) is 7.05 Å². The molecule has 2 aliphatic rings. The third-order valence-corrected chi connectivity index (χ3v) is 4.89. The van der Waals surface area contributed by atoms with Crippen LogP contribution in [0.2, 0.25) is 0 Å². The zero-order valence-electron chi connectivity index (χ0n) is 14.3. The summed E-state index contributed by atoms with van der Waals surface area (Å²) in [5.74, 6) is 0.463.